The Balaban J connectivity index is 1.84. The second-order valence-corrected chi connectivity index (χ2v) is 7.79. The number of ether oxygens (including phenoxy) is 2. The van der Waals surface area contributed by atoms with Gasteiger partial charge in [0.2, 0.25) is 0 Å². The monoisotopic (exact) mass is 447 g/mol. The molecule has 3 heterocycles. The summed E-state index contributed by atoms with van der Waals surface area (Å²) in [6, 6.07) is 15.3. The summed E-state index contributed by atoms with van der Waals surface area (Å²) in [5.74, 6) is 1.30. The van der Waals surface area contributed by atoms with Crippen molar-refractivity contribution in [1.82, 2.24) is 19.7 Å². The Hall–Kier alpha value is -3.33. The third-order valence-corrected chi connectivity index (χ3v) is 5.41. The van der Waals surface area contributed by atoms with Crippen molar-refractivity contribution in [2.24, 2.45) is 5.73 Å². The van der Waals surface area contributed by atoms with Crippen LogP contribution in [0, 0.1) is 0 Å². The number of nitrogens with two attached hydrogens (primary N) is 1. The fourth-order valence-corrected chi connectivity index (χ4v) is 3.73. The molecule has 33 heavy (non-hydrogen) atoms. The molecule has 0 radical (unpaired) electrons. The van der Waals surface area contributed by atoms with Crippen molar-refractivity contribution < 1.29 is 14.6 Å². The molecule has 0 aliphatic carbocycles. The molecule has 0 aliphatic heterocycles. The molecule has 0 spiro atoms. The largest absolute Gasteiger partial charge is 0.490 e. The number of pyridine rings is 2. The van der Waals surface area contributed by atoms with Crippen LogP contribution < -0.4 is 10.5 Å². The molecule has 8 nitrogen and oxygen atoms in total. The smallest absolute Gasteiger partial charge is 0.154 e. The van der Waals surface area contributed by atoms with Crippen LogP contribution in [0.3, 0.4) is 0 Å². The first-order chi connectivity index (χ1) is 16.1. The lowest BCUT2D eigenvalue weighted by Crippen LogP contribution is -2.11. The molecule has 3 aromatic heterocycles. The number of benzene rings is 1. The summed E-state index contributed by atoms with van der Waals surface area (Å²) in [4.78, 5) is 9.34. The van der Waals surface area contributed by atoms with Gasteiger partial charge < -0.3 is 20.3 Å². The van der Waals surface area contributed by atoms with E-state index in [0.717, 1.165) is 40.7 Å². The summed E-state index contributed by atoms with van der Waals surface area (Å²) in [5, 5.41) is 14.9. The van der Waals surface area contributed by atoms with Gasteiger partial charge in [-0.1, -0.05) is 25.5 Å². The van der Waals surface area contributed by atoms with Gasteiger partial charge in [-0.2, -0.15) is 5.10 Å². The fraction of sp³-hybridized carbons (Fsp3) is 0.320. The Morgan fingerprint density at radius 1 is 1.09 bits per heavy atom. The molecule has 0 amide bonds. The van der Waals surface area contributed by atoms with Gasteiger partial charge in [-0.15, -0.1) is 0 Å². The van der Waals surface area contributed by atoms with Crippen LogP contribution in [-0.4, -0.2) is 45.2 Å². The van der Waals surface area contributed by atoms with Crippen LogP contribution in [0.4, 0.5) is 0 Å². The highest BCUT2D eigenvalue weighted by Crippen LogP contribution is 2.33. The summed E-state index contributed by atoms with van der Waals surface area (Å²) in [6.45, 7) is 2.85. The number of aliphatic hydroxyl groups excluding tert-OH is 1. The van der Waals surface area contributed by atoms with E-state index in [9.17, 15) is 5.11 Å². The fourth-order valence-electron chi connectivity index (χ4n) is 3.73. The normalized spacial score (nSPS) is 12.2. The quantitative estimate of drug-likeness (QED) is 0.356. The first-order valence-corrected chi connectivity index (χ1v) is 11.1. The number of aliphatic hydroxyl groups is 1. The molecule has 3 N–H and O–H groups in total. The molecule has 172 valence electrons. The first-order valence-electron chi connectivity index (χ1n) is 11.1. The average molecular weight is 448 g/mol. The van der Waals surface area contributed by atoms with E-state index in [-0.39, 0.29) is 12.6 Å². The van der Waals surface area contributed by atoms with Crippen molar-refractivity contribution in [3.05, 3.63) is 66.1 Å². The van der Waals surface area contributed by atoms with E-state index >= 15 is 0 Å². The Bertz CT molecular complexity index is 1220. The van der Waals surface area contributed by atoms with Gasteiger partial charge in [0, 0.05) is 18.7 Å². The van der Waals surface area contributed by atoms with E-state index in [0.29, 0.717) is 30.5 Å². The molecule has 0 fully saturated rings. The van der Waals surface area contributed by atoms with Gasteiger partial charge in [0.25, 0.3) is 0 Å². The molecule has 8 heteroatoms. The maximum atomic E-state index is 9.50. The Morgan fingerprint density at radius 3 is 2.73 bits per heavy atom. The third-order valence-electron chi connectivity index (χ3n) is 5.41. The first kappa shape index (κ1) is 22.8. The maximum absolute atomic E-state index is 9.50. The van der Waals surface area contributed by atoms with Crippen LogP contribution in [0.5, 0.6) is 5.75 Å². The molecule has 0 aliphatic rings. The molecule has 0 saturated heterocycles. The lowest BCUT2D eigenvalue weighted by atomic mass is 10.1. The van der Waals surface area contributed by atoms with Gasteiger partial charge in [-0.25, -0.2) is 9.67 Å². The minimum atomic E-state index is -0.140. The van der Waals surface area contributed by atoms with Gasteiger partial charge in [-0.3, -0.25) is 4.98 Å². The summed E-state index contributed by atoms with van der Waals surface area (Å²) in [6.07, 6.45) is 3.63. The molecule has 4 rings (SSSR count). The van der Waals surface area contributed by atoms with Gasteiger partial charge in [0.05, 0.1) is 47.4 Å². The minimum absolute atomic E-state index is 0.105. The highest BCUT2D eigenvalue weighted by atomic mass is 16.5. The van der Waals surface area contributed by atoms with Crippen molar-refractivity contribution in [3.63, 3.8) is 0 Å². The Kier molecular flexibility index (Phi) is 7.29. The zero-order chi connectivity index (χ0) is 23.2. The van der Waals surface area contributed by atoms with E-state index in [1.54, 1.807) is 24.1 Å². The van der Waals surface area contributed by atoms with E-state index < -0.39 is 0 Å². The van der Waals surface area contributed by atoms with E-state index in [1.807, 2.05) is 42.5 Å². The second-order valence-electron chi connectivity index (χ2n) is 7.79. The van der Waals surface area contributed by atoms with Gasteiger partial charge >= 0.3 is 0 Å². The number of rotatable bonds is 10. The number of hydrogen-bond acceptors (Lipinski definition) is 7. The summed E-state index contributed by atoms with van der Waals surface area (Å²) in [5.41, 5.74) is 10.3. The summed E-state index contributed by atoms with van der Waals surface area (Å²) in [7, 11) is 1.64. The molecule has 0 unspecified atom stereocenters. The van der Waals surface area contributed by atoms with Crippen LogP contribution in [0.25, 0.3) is 28.0 Å². The SMILES string of the molecule is CCC[C@H](N)c1cccc(-c2cc(OCCOC)c3cnn(-c4cccc(CO)n4)c3c2)n1. The molecule has 0 bridgehead atoms. The minimum Gasteiger partial charge on any atom is -0.490 e. The Morgan fingerprint density at radius 2 is 1.94 bits per heavy atom. The summed E-state index contributed by atoms with van der Waals surface area (Å²) >= 11 is 0. The third kappa shape index (κ3) is 5.03. The molecule has 1 atom stereocenters. The zero-order valence-corrected chi connectivity index (χ0v) is 18.9. The molecule has 1 aromatic carbocycles. The lowest BCUT2D eigenvalue weighted by Gasteiger charge is -2.13. The topological polar surface area (TPSA) is 108 Å². The van der Waals surface area contributed by atoms with Crippen molar-refractivity contribution in [2.75, 3.05) is 20.3 Å². The van der Waals surface area contributed by atoms with Crippen LogP contribution in [0.2, 0.25) is 0 Å². The van der Waals surface area contributed by atoms with Crippen molar-refractivity contribution in [3.8, 4) is 22.8 Å². The predicted octanol–water partition coefficient (Wildman–Crippen LogP) is 3.80. The van der Waals surface area contributed by atoms with E-state index in [2.05, 4.69) is 17.0 Å². The van der Waals surface area contributed by atoms with Crippen LogP contribution >= 0.6 is 0 Å². The molecular weight excluding hydrogens is 418 g/mol. The van der Waals surface area contributed by atoms with E-state index in [4.69, 9.17) is 20.2 Å². The van der Waals surface area contributed by atoms with Crippen LogP contribution in [0.15, 0.2) is 54.7 Å². The number of fused-ring (bicyclic) bond motifs is 1. The van der Waals surface area contributed by atoms with Crippen molar-refractivity contribution in [2.45, 2.75) is 32.4 Å². The second kappa shape index (κ2) is 10.5. The predicted molar refractivity (Wildman–Crippen MR) is 127 cm³/mol. The van der Waals surface area contributed by atoms with Gasteiger partial charge in [0.15, 0.2) is 5.82 Å². The lowest BCUT2D eigenvalue weighted by molar-refractivity contribution is 0.147. The number of hydrogen-bond donors (Lipinski definition) is 2. The zero-order valence-electron chi connectivity index (χ0n) is 18.9. The standard InChI is InChI=1S/C25H29N5O3/c1-3-6-20(26)22-9-5-8-21(29-22)17-13-23-19(24(14-17)33-12-11-32-2)15-27-30(23)25-10-4-7-18(16-31)28-25/h4-5,7-10,13-15,20,31H,3,6,11-12,16,26H2,1-2H3/t20-/m0/s1. The number of aromatic nitrogens is 4. The molecular formula is C25H29N5O3. The maximum Gasteiger partial charge on any atom is 0.154 e. The van der Waals surface area contributed by atoms with Crippen molar-refractivity contribution in [1.29, 1.82) is 0 Å². The number of methoxy groups -OCH3 is 1. The molecule has 0 saturated carbocycles. The highest BCUT2D eigenvalue weighted by molar-refractivity contribution is 5.90. The summed E-state index contributed by atoms with van der Waals surface area (Å²) < 4.78 is 12.9. The number of nitrogens with zero attached hydrogens (tertiary/aromatic N) is 4. The van der Waals surface area contributed by atoms with Crippen molar-refractivity contribution >= 4 is 10.9 Å². The molecule has 4 aromatic rings. The van der Waals surface area contributed by atoms with Gasteiger partial charge in [-0.05, 0) is 42.8 Å². The van der Waals surface area contributed by atoms with Crippen LogP contribution in [0.1, 0.15) is 37.2 Å². The average Bonchev–Trinajstić information content (AvgIpc) is 3.29. The van der Waals surface area contributed by atoms with Gasteiger partial charge in [0.1, 0.15) is 12.4 Å². The highest BCUT2D eigenvalue weighted by Gasteiger charge is 2.16. The Labute approximate surface area is 193 Å². The van der Waals surface area contributed by atoms with Crippen LogP contribution in [-0.2, 0) is 11.3 Å². The van der Waals surface area contributed by atoms with E-state index in [1.165, 1.54) is 0 Å².